The van der Waals surface area contributed by atoms with Crippen molar-refractivity contribution in [2.24, 2.45) is 0 Å². The Labute approximate surface area is 97.2 Å². The van der Waals surface area contributed by atoms with E-state index >= 15 is 0 Å². The molecule has 0 amide bonds. The van der Waals surface area contributed by atoms with Gasteiger partial charge in [0.05, 0.1) is 6.54 Å². The predicted molar refractivity (Wildman–Crippen MR) is 60.0 cm³/mol. The molecule has 0 aliphatic carbocycles. The first-order valence-corrected chi connectivity index (χ1v) is 6.51. The summed E-state index contributed by atoms with van der Waals surface area (Å²) in [4.78, 5) is 10.4. The van der Waals surface area contributed by atoms with Crippen LogP contribution in [0.25, 0.3) is 0 Å². The van der Waals surface area contributed by atoms with Crippen molar-refractivity contribution in [3.63, 3.8) is 0 Å². The fraction of sp³-hybridized carbons (Fsp3) is 0.222. The van der Waals surface area contributed by atoms with Gasteiger partial charge in [-0.15, -0.1) is 17.8 Å². The quantitative estimate of drug-likeness (QED) is 0.778. The zero-order valence-corrected chi connectivity index (χ0v) is 9.98. The lowest BCUT2D eigenvalue weighted by Crippen LogP contribution is -2.25. The highest BCUT2D eigenvalue weighted by Crippen LogP contribution is 2.26. The number of sulfonamides is 1. The topological polar surface area (TPSA) is 83.5 Å². The molecule has 0 unspecified atom stereocenters. The molecule has 86 valence electrons. The van der Waals surface area contributed by atoms with Crippen LogP contribution in [0.1, 0.15) is 15.2 Å². The summed E-state index contributed by atoms with van der Waals surface area (Å²) >= 11 is 0.874. The number of hydrogen-bond acceptors (Lipinski definition) is 4. The second kappa shape index (κ2) is 4.65. The third-order valence-corrected chi connectivity index (χ3v) is 4.55. The first kappa shape index (κ1) is 12.7. The minimum Gasteiger partial charge on any atom is -0.477 e. The molecule has 0 aromatic carbocycles. The van der Waals surface area contributed by atoms with Crippen molar-refractivity contribution >= 4 is 27.3 Å². The molecule has 1 aromatic heterocycles. The average molecular weight is 259 g/mol. The van der Waals surface area contributed by atoms with Gasteiger partial charge in [0.15, 0.2) is 0 Å². The molecular formula is C9H9NO4S2. The van der Waals surface area contributed by atoms with Crippen molar-refractivity contribution in [2.75, 3.05) is 6.54 Å². The summed E-state index contributed by atoms with van der Waals surface area (Å²) in [5.74, 6) is 0.855. The van der Waals surface area contributed by atoms with Crippen molar-refractivity contribution in [3.8, 4) is 12.3 Å². The maximum Gasteiger partial charge on any atom is 0.347 e. The van der Waals surface area contributed by atoms with Crippen LogP contribution in [0.4, 0.5) is 0 Å². The normalized spacial score (nSPS) is 11.0. The molecule has 1 heterocycles. The molecule has 2 N–H and O–H groups in total. The van der Waals surface area contributed by atoms with Crippen LogP contribution in [-0.4, -0.2) is 26.0 Å². The first-order chi connectivity index (χ1) is 7.40. The molecule has 0 spiro atoms. The SMILES string of the molecule is C#CCNS(=O)(=O)c1c(C)csc1C(=O)O. The van der Waals surface area contributed by atoms with E-state index in [0.29, 0.717) is 5.56 Å². The van der Waals surface area contributed by atoms with Gasteiger partial charge in [-0.3, -0.25) is 0 Å². The second-order valence-electron chi connectivity index (χ2n) is 2.91. The van der Waals surface area contributed by atoms with Crippen molar-refractivity contribution in [1.29, 1.82) is 0 Å². The van der Waals surface area contributed by atoms with Crippen molar-refractivity contribution in [3.05, 3.63) is 15.8 Å². The molecule has 0 bridgehead atoms. The Hall–Kier alpha value is -1.36. The zero-order chi connectivity index (χ0) is 12.3. The van der Waals surface area contributed by atoms with Crippen LogP contribution in [0.15, 0.2) is 10.3 Å². The molecule has 1 aromatic rings. The van der Waals surface area contributed by atoms with Crippen LogP contribution in [0.2, 0.25) is 0 Å². The Morgan fingerprint density at radius 3 is 2.81 bits per heavy atom. The molecule has 7 heteroatoms. The summed E-state index contributed by atoms with van der Waals surface area (Å²) in [7, 11) is -3.85. The number of carbonyl (C=O) groups is 1. The standard InChI is InChI=1S/C9H9NO4S2/c1-3-4-10-16(13,14)8-6(2)5-15-7(8)9(11)12/h1,5,10H,4H2,2H3,(H,11,12). The van der Waals surface area contributed by atoms with Crippen LogP contribution in [0, 0.1) is 19.3 Å². The molecule has 0 saturated carbocycles. The third kappa shape index (κ3) is 2.41. The van der Waals surface area contributed by atoms with E-state index in [0.717, 1.165) is 11.3 Å². The number of aryl methyl sites for hydroxylation is 1. The Bertz CT molecular complexity index is 551. The lowest BCUT2D eigenvalue weighted by molar-refractivity contribution is 0.0698. The number of terminal acetylenes is 1. The minimum absolute atomic E-state index is 0.170. The van der Waals surface area contributed by atoms with E-state index in [9.17, 15) is 13.2 Å². The van der Waals surface area contributed by atoms with E-state index in [1.807, 2.05) is 0 Å². The summed E-state index contributed by atoms with van der Waals surface area (Å²) in [5, 5.41) is 10.3. The maximum absolute atomic E-state index is 11.7. The van der Waals surface area contributed by atoms with E-state index in [-0.39, 0.29) is 16.3 Å². The number of hydrogen-bond donors (Lipinski definition) is 2. The highest BCUT2D eigenvalue weighted by Gasteiger charge is 2.26. The highest BCUT2D eigenvalue weighted by atomic mass is 32.2. The molecule has 0 aliphatic rings. The number of nitrogens with one attached hydrogen (secondary N) is 1. The van der Waals surface area contributed by atoms with Gasteiger partial charge in [0.2, 0.25) is 10.0 Å². The maximum atomic E-state index is 11.7. The van der Waals surface area contributed by atoms with Crippen LogP contribution in [0.5, 0.6) is 0 Å². The summed E-state index contributed by atoms with van der Waals surface area (Å²) in [6, 6.07) is 0. The molecule has 16 heavy (non-hydrogen) atoms. The van der Waals surface area contributed by atoms with Gasteiger partial charge < -0.3 is 5.11 Å². The second-order valence-corrected chi connectivity index (χ2v) is 5.49. The molecule has 5 nitrogen and oxygen atoms in total. The molecule has 0 atom stereocenters. The predicted octanol–water partition coefficient (Wildman–Crippen LogP) is 0.666. The lowest BCUT2D eigenvalue weighted by Gasteiger charge is -2.04. The van der Waals surface area contributed by atoms with E-state index in [4.69, 9.17) is 11.5 Å². The molecule has 0 radical (unpaired) electrons. The van der Waals surface area contributed by atoms with Gasteiger partial charge in [-0.1, -0.05) is 5.92 Å². The number of carboxylic acid groups (broad SMARTS) is 1. The van der Waals surface area contributed by atoms with Crippen LogP contribution >= 0.6 is 11.3 Å². The first-order valence-electron chi connectivity index (χ1n) is 4.14. The fourth-order valence-corrected chi connectivity index (χ4v) is 3.69. The molecular weight excluding hydrogens is 250 g/mol. The number of rotatable bonds is 4. The molecule has 0 fully saturated rings. The molecule has 0 saturated heterocycles. The summed E-state index contributed by atoms with van der Waals surface area (Å²) in [6.07, 6.45) is 4.93. The Kier molecular flexibility index (Phi) is 3.70. The average Bonchev–Trinajstić information content (AvgIpc) is 2.58. The number of thiophene rings is 1. The van der Waals surface area contributed by atoms with Crippen LogP contribution < -0.4 is 4.72 Å². The number of aromatic carboxylic acids is 1. The Morgan fingerprint density at radius 2 is 2.31 bits per heavy atom. The number of carboxylic acids is 1. The zero-order valence-electron chi connectivity index (χ0n) is 8.35. The highest BCUT2D eigenvalue weighted by molar-refractivity contribution is 7.89. The summed E-state index contributed by atoms with van der Waals surface area (Å²) in [6.45, 7) is 1.37. The van der Waals surface area contributed by atoms with E-state index in [1.165, 1.54) is 12.3 Å². The molecule has 1 rings (SSSR count). The fourth-order valence-electron chi connectivity index (χ4n) is 1.12. The summed E-state index contributed by atoms with van der Waals surface area (Å²) < 4.78 is 25.6. The van der Waals surface area contributed by atoms with Crippen molar-refractivity contribution in [1.82, 2.24) is 4.72 Å². The Morgan fingerprint density at radius 1 is 1.69 bits per heavy atom. The van der Waals surface area contributed by atoms with Gasteiger partial charge >= 0.3 is 5.97 Å². The van der Waals surface area contributed by atoms with Gasteiger partial charge in [0.1, 0.15) is 9.77 Å². The van der Waals surface area contributed by atoms with E-state index in [2.05, 4.69) is 10.6 Å². The van der Waals surface area contributed by atoms with Gasteiger partial charge in [0.25, 0.3) is 0 Å². The Balaban J connectivity index is 3.28. The smallest absolute Gasteiger partial charge is 0.347 e. The van der Waals surface area contributed by atoms with Crippen molar-refractivity contribution < 1.29 is 18.3 Å². The summed E-state index contributed by atoms with van der Waals surface area (Å²) in [5.41, 5.74) is 0.395. The van der Waals surface area contributed by atoms with Crippen LogP contribution in [-0.2, 0) is 10.0 Å². The van der Waals surface area contributed by atoms with Crippen molar-refractivity contribution in [2.45, 2.75) is 11.8 Å². The monoisotopic (exact) mass is 259 g/mol. The third-order valence-electron chi connectivity index (χ3n) is 1.75. The van der Waals surface area contributed by atoms with Gasteiger partial charge in [-0.2, -0.15) is 4.72 Å². The van der Waals surface area contributed by atoms with E-state index < -0.39 is 16.0 Å². The van der Waals surface area contributed by atoms with Gasteiger partial charge in [-0.25, -0.2) is 13.2 Å². The van der Waals surface area contributed by atoms with Gasteiger partial charge in [-0.05, 0) is 17.9 Å². The largest absolute Gasteiger partial charge is 0.477 e. The van der Waals surface area contributed by atoms with Gasteiger partial charge in [0, 0.05) is 0 Å². The molecule has 0 aliphatic heterocycles. The van der Waals surface area contributed by atoms with E-state index in [1.54, 1.807) is 0 Å². The minimum atomic E-state index is -3.85. The lowest BCUT2D eigenvalue weighted by atomic mass is 10.3. The van der Waals surface area contributed by atoms with Crippen LogP contribution in [0.3, 0.4) is 0 Å².